The second kappa shape index (κ2) is 28.2. The summed E-state index contributed by atoms with van der Waals surface area (Å²) in [5.74, 6) is 2.38. The van der Waals surface area contributed by atoms with E-state index in [4.69, 9.17) is 18.9 Å². The molecule has 448 valence electrons. The van der Waals surface area contributed by atoms with Gasteiger partial charge < -0.3 is 18.9 Å². The van der Waals surface area contributed by atoms with Crippen molar-refractivity contribution in [2.45, 2.75) is 138 Å². The van der Waals surface area contributed by atoms with Crippen molar-refractivity contribution in [3.05, 3.63) is 140 Å². The zero-order chi connectivity index (χ0) is 64.2. The van der Waals surface area contributed by atoms with Gasteiger partial charge in [-0.3, -0.25) is 19.2 Å². The zero-order valence-corrected chi connectivity index (χ0v) is 52.9. The molecule has 16 heteroatoms. The fourth-order valence-corrected chi connectivity index (χ4v) is 8.04. The second-order valence-corrected chi connectivity index (χ2v) is 25.5. The van der Waals surface area contributed by atoms with Gasteiger partial charge in [0.1, 0.15) is 31.8 Å². The highest BCUT2D eigenvalue weighted by atomic mass is 16.6. The highest BCUT2D eigenvalue weighted by molar-refractivity contribution is 6.27. The van der Waals surface area contributed by atoms with E-state index in [-0.39, 0.29) is 0 Å². The molecule has 0 fully saturated rings. The van der Waals surface area contributed by atoms with Crippen LogP contribution < -0.4 is 0 Å². The predicted octanol–water partition coefficient (Wildman–Crippen LogP) is 12.8. The fourth-order valence-electron chi connectivity index (χ4n) is 8.04. The number of ketones is 4. The van der Waals surface area contributed by atoms with Gasteiger partial charge in [-0.25, -0.2) is 39.1 Å². The molecule has 16 nitrogen and oxygen atoms in total. The third kappa shape index (κ3) is 18.6. The standard InChI is InChI=1S/C69H80N4O12/c1-41-25-21-26-42(2)53(41)70-33-49(57(74)65(9,10)11)61(78)82-37-69(38-83-62(79)50(58(75)66(12,13)14)34-71-54-43(3)27-22-28-44(54)4,39-84-63(80)51(59(76)67(15,16)17)35-72-55-45(5)29-23-30-46(55)6)40-85-64(81)52(60(77)68(18,19)20)36-73-56-47(7)31-24-32-48(56)8/h21-32H,37-40H2,1-20H3. The van der Waals surface area contributed by atoms with Gasteiger partial charge in [0.25, 0.3) is 0 Å². The first-order valence-corrected chi connectivity index (χ1v) is 27.8. The first-order chi connectivity index (χ1) is 39.3. The molecule has 0 aliphatic carbocycles. The lowest BCUT2D eigenvalue weighted by Crippen LogP contribution is -2.45. The summed E-state index contributed by atoms with van der Waals surface area (Å²) < 4.78 is 24.0. The summed E-state index contributed by atoms with van der Waals surface area (Å²) in [7, 11) is 0. The minimum atomic E-state index is -2.24. The van der Waals surface area contributed by atoms with Crippen molar-refractivity contribution in [1.29, 1.82) is 0 Å². The third-order valence-electron chi connectivity index (χ3n) is 13.4. The number of Topliss-reactive ketones (excluding diaryl/α,β-unsaturated/α-hetero) is 4. The van der Waals surface area contributed by atoms with Crippen LogP contribution in [0.25, 0.3) is 0 Å². The van der Waals surface area contributed by atoms with Gasteiger partial charge >= 0.3 is 23.9 Å². The lowest BCUT2D eigenvalue weighted by atomic mass is 9.86. The van der Waals surface area contributed by atoms with E-state index in [1.807, 2.05) is 24.3 Å². The summed E-state index contributed by atoms with van der Waals surface area (Å²) >= 11 is 0. The van der Waals surface area contributed by atoms with Crippen LogP contribution in [0.4, 0.5) is 22.7 Å². The lowest BCUT2D eigenvalue weighted by molar-refractivity contribution is -0.165. The Bertz CT molecular complexity index is 3060. The second-order valence-electron chi connectivity index (χ2n) is 25.5. The molecule has 4 rings (SSSR count). The van der Waals surface area contributed by atoms with Gasteiger partial charge in [-0.15, -0.1) is 0 Å². The number of carbonyl (C=O) groups is 8. The van der Waals surface area contributed by atoms with Gasteiger partial charge in [0, 0.05) is 45.1 Å². The number of nitrogens with zero attached hydrogens (tertiary/aromatic N) is 4. The summed E-state index contributed by atoms with van der Waals surface area (Å²) in [6.07, 6.45) is 0. The van der Waals surface area contributed by atoms with Crippen LogP contribution in [-0.4, -0.2) is 96.9 Å². The quantitative estimate of drug-likeness (QED) is 0.0201. The number of hydrogen-bond acceptors (Lipinski definition) is 16. The average Bonchev–Trinajstić information content (AvgIpc) is 3.32. The van der Waals surface area contributed by atoms with Crippen LogP contribution in [-0.2, 0) is 57.3 Å². The van der Waals surface area contributed by atoms with Crippen LogP contribution in [0.15, 0.2) is 115 Å². The third-order valence-corrected chi connectivity index (χ3v) is 13.4. The number of hydrogen-bond donors (Lipinski definition) is 0. The molecule has 0 bridgehead atoms. The van der Waals surface area contributed by atoms with E-state index < -0.39 is 123 Å². The van der Waals surface area contributed by atoms with Crippen molar-refractivity contribution in [2.75, 3.05) is 26.4 Å². The lowest BCUT2D eigenvalue weighted by Gasteiger charge is -2.32. The molecule has 0 unspecified atom stereocenters. The summed E-state index contributed by atoms with van der Waals surface area (Å²) in [5.41, 5.74) is -2.25. The summed E-state index contributed by atoms with van der Waals surface area (Å²) in [6.45, 7) is 29.2. The Morgan fingerprint density at radius 2 is 0.459 bits per heavy atom. The van der Waals surface area contributed by atoms with E-state index in [1.165, 1.54) is 0 Å². The molecule has 4 aromatic carbocycles. The van der Waals surface area contributed by atoms with Gasteiger partial charge in [0.15, 0.2) is 45.4 Å². The first-order valence-electron chi connectivity index (χ1n) is 27.8. The molecule has 4 aromatic rings. The Labute approximate surface area is 500 Å². The Balaban J connectivity index is 2.10. The van der Waals surface area contributed by atoms with Crippen molar-refractivity contribution in [3.8, 4) is 0 Å². The zero-order valence-electron chi connectivity index (χ0n) is 52.9. The van der Waals surface area contributed by atoms with Crippen LogP contribution >= 0.6 is 0 Å². The smallest absolute Gasteiger partial charge is 0.351 e. The number of para-hydroxylation sites is 4. The SMILES string of the molecule is Cc1cccc(C)c1N=C=C(C(=O)OCC(COC(=O)C(=C=Nc1c(C)cccc1C)C(=O)C(C)(C)C)(COC(=O)C(=C=Nc1c(C)cccc1C)C(=O)C(C)(C)C)COC(=O)C(=C=Nc1c(C)cccc1C)C(=O)C(C)(C)C)C(=O)C(C)(C)C. The number of ether oxygens (including phenoxy) is 4. The van der Waals surface area contributed by atoms with Crippen LogP contribution in [0.1, 0.15) is 128 Å². The molecule has 85 heavy (non-hydrogen) atoms. The van der Waals surface area contributed by atoms with Gasteiger partial charge in [-0.2, -0.15) is 0 Å². The highest BCUT2D eigenvalue weighted by Crippen LogP contribution is 2.31. The molecule has 0 heterocycles. The molecule has 0 aliphatic rings. The molecule has 0 spiro atoms. The maximum atomic E-state index is 14.7. The van der Waals surface area contributed by atoms with Gasteiger partial charge in [-0.05, 0) is 99.9 Å². The molecule has 0 aliphatic heterocycles. The van der Waals surface area contributed by atoms with Crippen molar-refractivity contribution in [1.82, 2.24) is 0 Å². The Kier molecular flexibility index (Phi) is 22.8. The molecule has 0 amide bonds. The molecular formula is C69H80N4O12. The monoisotopic (exact) mass is 1160 g/mol. The fraction of sp³-hybridized carbons (Fsp3) is 0.420. The van der Waals surface area contributed by atoms with E-state index in [1.54, 1.807) is 187 Å². The number of aryl methyl sites for hydroxylation is 8. The first kappa shape index (κ1) is 68.7. The van der Waals surface area contributed by atoms with Crippen molar-refractivity contribution in [3.63, 3.8) is 0 Å². The summed E-state index contributed by atoms with van der Waals surface area (Å²) in [6, 6.07) is 21.6. The van der Waals surface area contributed by atoms with Crippen molar-refractivity contribution in [2.24, 2.45) is 47.0 Å². The van der Waals surface area contributed by atoms with Crippen LogP contribution in [0.2, 0.25) is 0 Å². The number of benzene rings is 4. The largest absolute Gasteiger partial charge is 0.460 e. The van der Waals surface area contributed by atoms with E-state index in [0.717, 1.165) is 0 Å². The normalized spacial score (nSPS) is 12.0. The minimum absolute atomic E-state index is 0.425. The highest BCUT2D eigenvalue weighted by Gasteiger charge is 2.43. The molecule has 0 saturated heterocycles. The molecule has 0 N–H and O–H groups in total. The molecule has 0 saturated carbocycles. The predicted molar refractivity (Wildman–Crippen MR) is 330 cm³/mol. The number of aliphatic imine (C=N–C) groups is 4. The van der Waals surface area contributed by atoms with Gasteiger partial charge in [0.05, 0.1) is 22.7 Å². The summed E-state index contributed by atoms with van der Waals surface area (Å²) in [4.78, 5) is 133. The Morgan fingerprint density at radius 3 is 0.600 bits per heavy atom. The van der Waals surface area contributed by atoms with Crippen LogP contribution in [0, 0.1) is 82.5 Å². The van der Waals surface area contributed by atoms with E-state index >= 15 is 0 Å². The minimum Gasteiger partial charge on any atom is -0.460 e. The van der Waals surface area contributed by atoms with Gasteiger partial charge in [0.2, 0.25) is 0 Å². The van der Waals surface area contributed by atoms with Crippen LogP contribution in [0.5, 0.6) is 0 Å². The Morgan fingerprint density at radius 1 is 0.306 bits per heavy atom. The van der Waals surface area contributed by atoms with Crippen molar-refractivity contribution >= 4 is 93.2 Å². The van der Waals surface area contributed by atoms with E-state index in [2.05, 4.69) is 43.4 Å². The van der Waals surface area contributed by atoms with Crippen LogP contribution in [0.3, 0.4) is 0 Å². The Hall–Kier alpha value is -8.76. The maximum Gasteiger partial charge on any atom is 0.351 e. The molecular weight excluding hydrogens is 1080 g/mol. The summed E-state index contributed by atoms with van der Waals surface area (Å²) in [5, 5.41) is 0. The maximum absolute atomic E-state index is 14.7. The van der Waals surface area contributed by atoms with Crippen molar-refractivity contribution < 1.29 is 57.3 Å². The van der Waals surface area contributed by atoms with E-state index in [0.29, 0.717) is 67.3 Å². The number of esters is 4. The number of carbonyl (C=O) groups excluding carboxylic acids is 8. The average molecular weight is 1160 g/mol. The topological polar surface area (TPSA) is 223 Å². The number of rotatable bonds is 20. The molecule has 0 atom stereocenters. The molecule has 0 radical (unpaired) electrons. The molecule has 0 aromatic heterocycles. The van der Waals surface area contributed by atoms with E-state index in [9.17, 15) is 38.4 Å². The van der Waals surface area contributed by atoms with Gasteiger partial charge in [-0.1, -0.05) is 156 Å².